The number of hydrogen-bond acceptors (Lipinski definition) is 2. The fourth-order valence-electron chi connectivity index (χ4n) is 1.51. The third-order valence-corrected chi connectivity index (χ3v) is 2.62. The lowest BCUT2D eigenvalue weighted by Gasteiger charge is -2.05. The Labute approximate surface area is 107 Å². The highest BCUT2D eigenvalue weighted by Crippen LogP contribution is 2.03. The minimum absolute atomic E-state index is 0.0241. The van der Waals surface area contributed by atoms with Gasteiger partial charge in [0, 0.05) is 12.1 Å². The van der Waals surface area contributed by atoms with E-state index in [0.29, 0.717) is 17.1 Å². The van der Waals surface area contributed by atoms with Crippen molar-refractivity contribution in [3.05, 3.63) is 35.4 Å². The second kappa shape index (κ2) is 7.01. The van der Waals surface area contributed by atoms with E-state index < -0.39 is 0 Å². The Morgan fingerprint density at radius 1 is 1.41 bits per heavy atom. The van der Waals surface area contributed by atoms with Gasteiger partial charge in [-0.25, -0.2) is 0 Å². The number of carbonyl (C=O) groups excluding carboxylic acids is 1. The zero-order valence-corrected chi connectivity index (χ0v) is 10.8. The van der Waals surface area contributed by atoms with Gasteiger partial charge >= 0.3 is 0 Å². The first kappa shape index (κ1) is 13.6. The van der Waals surface area contributed by atoms with Crippen LogP contribution < -0.4 is 11.1 Å². The second-order valence-electron chi connectivity index (χ2n) is 4.05. The molecule has 1 rings (SSSR count). The number of benzene rings is 1. The SMILES string of the molecule is Cc1cccc(C(=O)NCCCCC(N)=S)c1. The number of nitrogens with two attached hydrogens (primary N) is 1. The Morgan fingerprint density at radius 3 is 2.82 bits per heavy atom. The molecule has 0 saturated carbocycles. The van der Waals surface area contributed by atoms with Gasteiger partial charge in [-0.1, -0.05) is 29.9 Å². The summed E-state index contributed by atoms with van der Waals surface area (Å²) in [5.41, 5.74) is 7.18. The largest absolute Gasteiger partial charge is 0.393 e. The van der Waals surface area contributed by atoms with Crippen LogP contribution >= 0.6 is 12.2 Å². The van der Waals surface area contributed by atoms with E-state index in [2.05, 4.69) is 5.32 Å². The first-order valence-electron chi connectivity index (χ1n) is 5.73. The van der Waals surface area contributed by atoms with Gasteiger partial charge in [0.1, 0.15) is 0 Å². The minimum atomic E-state index is -0.0241. The zero-order valence-electron chi connectivity index (χ0n) is 10.0. The molecule has 0 aliphatic heterocycles. The molecule has 0 spiro atoms. The molecule has 3 nitrogen and oxygen atoms in total. The maximum absolute atomic E-state index is 11.7. The van der Waals surface area contributed by atoms with Gasteiger partial charge in [-0.15, -0.1) is 0 Å². The Balaban J connectivity index is 2.28. The molecule has 0 aliphatic carbocycles. The fourth-order valence-corrected chi connectivity index (χ4v) is 1.66. The number of aryl methyl sites for hydroxylation is 1. The quantitative estimate of drug-likeness (QED) is 0.601. The van der Waals surface area contributed by atoms with Crippen LogP contribution in [0.4, 0.5) is 0 Å². The van der Waals surface area contributed by atoms with E-state index in [1.54, 1.807) is 0 Å². The number of rotatable bonds is 6. The van der Waals surface area contributed by atoms with E-state index in [0.717, 1.165) is 24.8 Å². The standard InChI is InChI=1S/C13H18N2OS/c1-10-5-4-6-11(9-10)13(16)15-8-3-2-7-12(14)17/h4-6,9H,2-3,7-8H2,1H3,(H2,14,17)(H,15,16). The minimum Gasteiger partial charge on any atom is -0.393 e. The third-order valence-electron chi connectivity index (χ3n) is 2.42. The van der Waals surface area contributed by atoms with Crippen LogP contribution in [0.25, 0.3) is 0 Å². The van der Waals surface area contributed by atoms with E-state index in [1.165, 1.54) is 0 Å². The summed E-state index contributed by atoms with van der Waals surface area (Å²) >= 11 is 4.78. The molecule has 0 heterocycles. The van der Waals surface area contributed by atoms with Crippen molar-refractivity contribution in [1.82, 2.24) is 5.32 Å². The molecule has 17 heavy (non-hydrogen) atoms. The maximum atomic E-state index is 11.7. The van der Waals surface area contributed by atoms with Crippen LogP contribution in [0.5, 0.6) is 0 Å². The van der Waals surface area contributed by atoms with Crippen LogP contribution in [0.2, 0.25) is 0 Å². The number of carbonyl (C=O) groups is 1. The molecule has 0 fully saturated rings. The molecule has 3 N–H and O–H groups in total. The van der Waals surface area contributed by atoms with Crippen LogP contribution in [0.1, 0.15) is 35.2 Å². The Bertz CT molecular complexity index is 404. The molecule has 0 radical (unpaired) electrons. The Hall–Kier alpha value is -1.42. The van der Waals surface area contributed by atoms with Gasteiger partial charge in [0.15, 0.2) is 0 Å². The van der Waals surface area contributed by atoms with Crippen LogP contribution in [0.15, 0.2) is 24.3 Å². The number of hydrogen-bond donors (Lipinski definition) is 2. The first-order valence-corrected chi connectivity index (χ1v) is 6.13. The summed E-state index contributed by atoms with van der Waals surface area (Å²) in [7, 11) is 0. The van der Waals surface area contributed by atoms with Crippen molar-refractivity contribution in [3.8, 4) is 0 Å². The van der Waals surface area contributed by atoms with Gasteiger partial charge in [0.25, 0.3) is 5.91 Å². The summed E-state index contributed by atoms with van der Waals surface area (Å²) in [6, 6.07) is 7.55. The lowest BCUT2D eigenvalue weighted by molar-refractivity contribution is 0.0953. The monoisotopic (exact) mass is 250 g/mol. The van der Waals surface area contributed by atoms with Gasteiger partial charge in [0.2, 0.25) is 0 Å². The summed E-state index contributed by atoms with van der Waals surface area (Å²) in [5, 5.41) is 2.88. The van der Waals surface area contributed by atoms with Crippen molar-refractivity contribution in [1.29, 1.82) is 0 Å². The molecule has 0 aliphatic rings. The molecule has 1 amide bonds. The van der Waals surface area contributed by atoms with Crippen LogP contribution in [-0.2, 0) is 0 Å². The molecule has 0 saturated heterocycles. The van der Waals surface area contributed by atoms with Crippen LogP contribution in [0, 0.1) is 6.92 Å². The molecular weight excluding hydrogens is 232 g/mol. The number of unbranched alkanes of at least 4 members (excludes halogenated alkanes) is 1. The van der Waals surface area contributed by atoms with Crippen molar-refractivity contribution in [2.75, 3.05) is 6.54 Å². The molecule has 1 aromatic carbocycles. The van der Waals surface area contributed by atoms with E-state index in [-0.39, 0.29) is 5.91 Å². The Morgan fingerprint density at radius 2 is 2.18 bits per heavy atom. The molecular formula is C13H18N2OS. The number of amides is 1. The highest BCUT2D eigenvalue weighted by Gasteiger charge is 2.03. The molecule has 92 valence electrons. The van der Waals surface area contributed by atoms with E-state index >= 15 is 0 Å². The third kappa shape index (κ3) is 5.45. The highest BCUT2D eigenvalue weighted by molar-refractivity contribution is 7.80. The van der Waals surface area contributed by atoms with Gasteiger partial charge in [-0.05, 0) is 38.3 Å². The summed E-state index contributed by atoms with van der Waals surface area (Å²) < 4.78 is 0. The molecule has 0 unspecified atom stereocenters. The van der Waals surface area contributed by atoms with Crippen molar-refractivity contribution in [2.45, 2.75) is 26.2 Å². The molecule has 0 aromatic heterocycles. The van der Waals surface area contributed by atoms with Gasteiger partial charge in [0.05, 0.1) is 4.99 Å². The van der Waals surface area contributed by atoms with E-state index in [9.17, 15) is 4.79 Å². The summed E-state index contributed by atoms with van der Waals surface area (Å²) in [5.74, 6) is -0.0241. The van der Waals surface area contributed by atoms with Gasteiger partial charge < -0.3 is 11.1 Å². The topological polar surface area (TPSA) is 55.1 Å². The fraction of sp³-hybridized carbons (Fsp3) is 0.385. The van der Waals surface area contributed by atoms with Crippen molar-refractivity contribution >= 4 is 23.1 Å². The highest BCUT2D eigenvalue weighted by atomic mass is 32.1. The predicted molar refractivity (Wildman–Crippen MR) is 74.1 cm³/mol. The summed E-state index contributed by atoms with van der Waals surface area (Å²) in [6.07, 6.45) is 2.56. The lowest BCUT2D eigenvalue weighted by atomic mass is 10.1. The normalized spacial score (nSPS) is 9.94. The van der Waals surface area contributed by atoms with Crippen molar-refractivity contribution in [3.63, 3.8) is 0 Å². The van der Waals surface area contributed by atoms with E-state index in [1.807, 2.05) is 31.2 Å². The van der Waals surface area contributed by atoms with E-state index in [4.69, 9.17) is 18.0 Å². The van der Waals surface area contributed by atoms with Crippen molar-refractivity contribution in [2.24, 2.45) is 5.73 Å². The smallest absolute Gasteiger partial charge is 0.251 e. The molecule has 0 atom stereocenters. The summed E-state index contributed by atoms with van der Waals surface area (Å²) in [4.78, 5) is 12.3. The molecule has 1 aromatic rings. The van der Waals surface area contributed by atoms with Crippen LogP contribution in [0.3, 0.4) is 0 Å². The van der Waals surface area contributed by atoms with Crippen LogP contribution in [-0.4, -0.2) is 17.4 Å². The zero-order chi connectivity index (χ0) is 12.7. The summed E-state index contributed by atoms with van der Waals surface area (Å²) in [6.45, 7) is 2.63. The number of nitrogens with one attached hydrogen (secondary N) is 1. The predicted octanol–water partition coefficient (Wildman–Crippen LogP) is 2.18. The molecule has 4 heteroatoms. The van der Waals surface area contributed by atoms with Gasteiger partial charge in [-0.2, -0.15) is 0 Å². The average Bonchev–Trinajstić information content (AvgIpc) is 2.28. The van der Waals surface area contributed by atoms with Gasteiger partial charge in [-0.3, -0.25) is 4.79 Å². The molecule has 0 bridgehead atoms. The second-order valence-corrected chi connectivity index (χ2v) is 4.57. The maximum Gasteiger partial charge on any atom is 0.251 e. The lowest BCUT2D eigenvalue weighted by Crippen LogP contribution is -2.24. The first-order chi connectivity index (χ1) is 8.09. The number of thiocarbonyl (C=S) groups is 1. The Kier molecular flexibility index (Phi) is 5.63. The van der Waals surface area contributed by atoms with Crippen molar-refractivity contribution < 1.29 is 4.79 Å². The average molecular weight is 250 g/mol.